The highest BCUT2D eigenvalue weighted by atomic mass is 16.6. The Morgan fingerprint density at radius 2 is 1.27 bits per heavy atom. The number of benzene rings is 4. The summed E-state index contributed by atoms with van der Waals surface area (Å²) in [6.45, 7) is -0.115. The smallest absolute Gasteiger partial charge is 0.420 e. The Labute approximate surface area is 259 Å². The minimum absolute atomic E-state index is 0.115. The minimum Gasteiger partial charge on any atom is -0.479 e. The van der Waals surface area contributed by atoms with Gasteiger partial charge in [-0.05, 0) is 44.5 Å². The van der Waals surface area contributed by atoms with Gasteiger partial charge in [-0.15, -0.1) is 0 Å². The molecule has 1 heterocycles. The summed E-state index contributed by atoms with van der Waals surface area (Å²) in [6, 6.07) is 30.6. The van der Waals surface area contributed by atoms with Crippen molar-refractivity contribution in [1.82, 2.24) is 14.9 Å². The molecule has 0 saturated heterocycles. The molecule has 4 aromatic carbocycles. The molecule has 1 aromatic heterocycles. The van der Waals surface area contributed by atoms with Crippen LogP contribution in [0.25, 0.3) is 22.3 Å². The van der Waals surface area contributed by atoms with Gasteiger partial charge in [0.2, 0.25) is 0 Å². The van der Waals surface area contributed by atoms with Gasteiger partial charge >= 0.3 is 18.2 Å². The Kier molecular flexibility index (Phi) is 6.93. The van der Waals surface area contributed by atoms with Crippen molar-refractivity contribution in [3.63, 3.8) is 0 Å². The lowest BCUT2D eigenvalue weighted by Gasteiger charge is -2.42. The Balaban J connectivity index is 1.35. The molecular formula is C36H29N3O6. The molecule has 224 valence electrons. The third-order valence-electron chi connectivity index (χ3n) is 8.96. The topological polar surface area (TPSA) is 122 Å². The van der Waals surface area contributed by atoms with E-state index in [-0.39, 0.29) is 18.9 Å². The van der Waals surface area contributed by atoms with Gasteiger partial charge < -0.3 is 19.6 Å². The van der Waals surface area contributed by atoms with Gasteiger partial charge in [-0.2, -0.15) is 4.90 Å². The highest BCUT2D eigenvalue weighted by Gasteiger charge is 2.60. The molecule has 9 nitrogen and oxygen atoms in total. The summed E-state index contributed by atoms with van der Waals surface area (Å²) >= 11 is 0. The summed E-state index contributed by atoms with van der Waals surface area (Å²) in [5.41, 5.74) is 5.15. The normalized spacial score (nSPS) is 14.4. The van der Waals surface area contributed by atoms with Crippen molar-refractivity contribution in [3.05, 3.63) is 138 Å². The highest BCUT2D eigenvalue weighted by Crippen LogP contribution is 2.53. The number of hydrogen-bond donors (Lipinski definition) is 2. The first kappa shape index (κ1) is 28.1. The van der Waals surface area contributed by atoms with E-state index < -0.39 is 29.6 Å². The van der Waals surface area contributed by atoms with Crippen molar-refractivity contribution in [2.75, 3.05) is 13.7 Å². The maximum atomic E-state index is 14.3. The van der Waals surface area contributed by atoms with E-state index in [0.29, 0.717) is 21.7 Å². The van der Waals surface area contributed by atoms with Crippen molar-refractivity contribution < 1.29 is 29.0 Å². The van der Waals surface area contributed by atoms with Gasteiger partial charge in [-0.1, -0.05) is 97.1 Å². The van der Waals surface area contributed by atoms with Crippen LogP contribution in [-0.4, -0.2) is 57.4 Å². The number of hydrogen-bond acceptors (Lipinski definition) is 6. The van der Waals surface area contributed by atoms with Crippen LogP contribution in [0.3, 0.4) is 0 Å². The Bertz CT molecular complexity index is 1850. The molecular weight excluding hydrogens is 570 g/mol. The predicted molar refractivity (Wildman–Crippen MR) is 166 cm³/mol. The van der Waals surface area contributed by atoms with Gasteiger partial charge in [0.15, 0.2) is 5.54 Å². The molecule has 0 fully saturated rings. The molecule has 2 aliphatic carbocycles. The maximum Gasteiger partial charge on any atom is 0.420 e. The second kappa shape index (κ2) is 11.1. The molecule has 2 amide bonds. The number of aromatic amines is 1. The van der Waals surface area contributed by atoms with Gasteiger partial charge in [-0.25, -0.2) is 19.4 Å². The van der Waals surface area contributed by atoms with Crippen LogP contribution in [0, 0.1) is 0 Å². The summed E-state index contributed by atoms with van der Waals surface area (Å²) in [5, 5.41) is 11.2. The number of imide groups is 1. The van der Waals surface area contributed by atoms with Crippen LogP contribution in [-0.2, 0) is 20.7 Å². The standard InChI is InChI=1S/C36H29N3O6/c1-44-34(42)39(35(43)45-20-31-27-14-4-2-10-23(27)24-11-3-5-15-28(24)31)36(33(40)41,18-22-19-37-21-38-22)32-29-16-8-6-12-25(29)26-13-7-9-17-30(26)32/h2-17,19,21,31-32H,18,20H2,1H3,(H,37,38)(H,40,41)/t36-/m1/s1. The van der Waals surface area contributed by atoms with E-state index in [1.54, 1.807) is 6.20 Å². The zero-order chi connectivity index (χ0) is 31.1. The lowest BCUT2D eigenvalue weighted by Crippen LogP contribution is -2.64. The number of ether oxygens (including phenoxy) is 2. The molecule has 2 N–H and O–H groups in total. The van der Waals surface area contributed by atoms with Crippen LogP contribution in [0.4, 0.5) is 9.59 Å². The number of rotatable bonds is 7. The Morgan fingerprint density at radius 1 is 0.778 bits per heavy atom. The minimum atomic E-state index is -2.21. The number of carboxylic acids is 1. The maximum absolute atomic E-state index is 14.3. The van der Waals surface area contributed by atoms with Gasteiger partial charge in [0, 0.05) is 24.5 Å². The molecule has 9 heteroatoms. The number of fused-ring (bicyclic) bond motifs is 6. The van der Waals surface area contributed by atoms with Crippen LogP contribution in [0.5, 0.6) is 0 Å². The van der Waals surface area contributed by atoms with Crippen LogP contribution >= 0.6 is 0 Å². The quantitative estimate of drug-likeness (QED) is 0.216. The first-order chi connectivity index (χ1) is 22.0. The summed E-state index contributed by atoms with van der Waals surface area (Å²) < 4.78 is 11.1. The second-order valence-electron chi connectivity index (χ2n) is 11.2. The fourth-order valence-corrected chi connectivity index (χ4v) is 7.09. The molecule has 7 rings (SSSR count). The molecule has 0 saturated carbocycles. The molecule has 1 atom stereocenters. The number of methoxy groups -OCH3 is 1. The van der Waals surface area contributed by atoms with Gasteiger partial charge in [0.05, 0.1) is 19.1 Å². The van der Waals surface area contributed by atoms with Crippen LogP contribution in [0.1, 0.15) is 39.8 Å². The molecule has 0 aliphatic heterocycles. The van der Waals surface area contributed by atoms with Crippen molar-refractivity contribution in [3.8, 4) is 22.3 Å². The van der Waals surface area contributed by atoms with Crippen molar-refractivity contribution in [2.24, 2.45) is 0 Å². The summed E-state index contributed by atoms with van der Waals surface area (Å²) in [4.78, 5) is 49.6. The number of carboxylic acid groups (broad SMARTS) is 1. The van der Waals surface area contributed by atoms with Crippen molar-refractivity contribution in [2.45, 2.75) is 23.8 Å². The monoisotopic (exact) mass is 599 g/mol. The number of nitrogens with one attached hydrogen (secondary N) is 1. The van der Waals surface area contributed by atoms with E-state index in [1.807, 2.05) is 97.1 Å². The zero-order valence-electron chi connectivity index (χ0n) is 24.3. The van der Waals surface area contributed by atoms with Crippen LogP contribution < -0.4 is 0 Å². The average molecular weight is 600 g/mol. The van der Waals surface area contributed by atoms with Crippen LogP contribution in [0.2, 0.25) is 0 Å². The fraction of sp³-hybridized carbons (Fsp3) is 0.167. The first-order valence-electron chi connectivity index (χ1n) is 14.6. The molecule has 5 aromatic rings. The molecule has 0 unspecified atom stereocenters. The third-order valence-corrected chi connectivity index (χ3v) is 8.96. The number of aliphatic carboxylic acids is 1. The SMILES string of the molecule is COC(=O)N(C(=O)OCC1c2ccccc2-c2ccccc21)[C@@](Cc1c[nH]cn1)(C(=O)O)C1c2ccccc2-c2ccccc21. The number of imidazole rings is 1. The molecule has 0 radical (unpaired) electrons. The van der Waals surface area contributed by atoms with Gasteiger partial charge in [0.25, 0.3) is 0 Å². The van der Waals surface area contributed by atoms with Crippen molar-refractivity contribution >= 4 is 18.2 Å². The number of amides is 2. The summed E-state index contributed by atoms with van der Waals surface area (Å²) in [7, 11) is 1.11. The Morgan fingerprint density at radius 3 is 1.73 bits per heavy atom. The van der Waals surface area contributed by atoms with Crippen molar-refractivity contribution in [1.29, 1.82) is 0 Å². The van der Waals surface area contributed by atoms with E-state index in [0.717, 1.165) is 40.5 Å². The van der Waals surface area contributed by atoms with E-state index in [4.69, 9.17) is 9.47 Å². The highest BCUT2D eigenvalue weighted by molar-refractivity contribution is 5.99. The fourth-order valence-electron chi connectivity index (χ4n) is 7.09. The summed E-state index contributed by atoms with van der Waals surface area (Å²) in [6.07, 6.45) is 0.403. The molecule has 0 bridgehead atoms. The number of nitrogens with zero attached hydrogens (tertiary/aromatic N) is 2. The Hall–Kier alpha value is -5.70. The number of aromatic nitrogens is 2. The second-order valence-corrected chi connectivity index (χ2v) is 11.2. The predicted octanol–water partition coefficient (Wildman–Crippen LogP) is 6.61. The molecule has 0 spiro atoms. The number of H-pyrrole nitrogens is 1. The molecule has 2 aliphatic rings. The van der Waals surface area contributed by atoms with Crippen LogP contribution in [0.15, 0.2) is 110 Å². The zero-order valence-corrected chi connectivity index (χ0v) is 24.3. The van der Waals surface area contributed by atoms with E-state index in [1.165, 1.54) is 6.33 Å². The van der Waals surface area contributed by atoms with Gasteiger partial charge in [-0.3, -0.25) is 0 Å². The first-order valence-corrected chi connectivity index (χ1v) is 14.6. The lowest BCUT2D eigenvalue weighted by atomic mass is 9.73. The largest absolute Gasteiger partial charge is 0.479 e. The number of carbonyl (C=O) groups is 3. The van der Waals surface area contributed by atoms with E-state index in [9.17, 15) is 19.5 Å². The summed E-state index contributed by atoms with van der Waals surface area (Å²) in [5.74, 6) is -2.67. The average Bonchev–Trinajstić information content (AvgIpc) is 3.78. The van der Waals surface area contributed by atoms with E-state index >= 15 is 0 Å². The van der Waals surface area contributed by atoms with Gasteiger partial charge in [0.1, 0.15) is 6.61 Å². The third kappa shape index (κ3) is 4.38. The van der Waals surface area contributed by atoms with E-state index in [2.05, 4.69) is 9.97 Å². The lowest BCUT2D eigenvalue weighted by molar-refractivity contribution is -0.150. The number of carbonyl (C=O) groups excluding carboxylic acids is 2. The molecule has 45 heavy (non-hydrogen) atoms.